The highest BCUT2D eigenvalue weighted by Gasteiger charge is 2.07. The van der Waals surface area contributed by atoms with Gasteiger partial charge < -0.3 is 19.9 Å². The normalized spacial score (nSPS) is 10.2. The molecule has 0 saturated carbocycles. The first-order valence-corrected chi connectivity index (χ1v) is 8.37. The van der Waals surface area contributed by atoms with Crippen LogP contribution in [0.15, 0.2) is 42.5 Å². The highest BCUT2D eigenvalue weighted by molar-refractivity contribution is 7.80. The van der Waals surface area contributed by atoms with Crippen LogP contribution < -0.4 is 19.9 Å². The van der Waals surface area contributed by atoms with E-state index in [9.17, 15) is 0 Å². The molecule has 24 heavy (non-hydrogen) atoms. The Labute approximate surface area is 148 Å². The van der Waals surface area contributed by atoms with Crippen LogP contribution in [0, 0.1) is 0 Å². The molecule has 0 unspecified atom stereocenters. The fraction of sp³-hybridized carbons (Fsp3) is 0.316. The summed E-state index contributed by atoms with van der Waals surface area (Å²) in [6.45, 7) is 3.04. The molecule has 0 aliphatic carbocycles. The molecule has 0 bridgehead atoms. The van der Waals surface area contributed by atoms with Crippen molar-refractivity contribution in [2.24, 2.45) is 5.73 Å². The van der Waals surface area contributed by atoms with Gasteiger partial charge in [-0.3, -0.25) is 0 Å². The van der Waals surface area contributed by atoms with Crippen molar-refractivity contribution in [3.63, 3.8) is 0 Å². The van der Waals surface area contributed by atoms with Gasteiger partial charge in [-0.15, -0.1) is 0 Å². The summed E-state index contributed by atoms with van der Waals surface area (Å²) in [5.41, 5.74) is 7.69. The van der Waals surface area contributed by atoms with Crippen LogP contribution >= 0.6 is 12.2 Å². The largest absolute Gasteiger partial charge is 0.493 e. The number of rotatable bonds is 9. The third-order valence-corrected chi connectivity index (χ3v) is 3.76. The Morgan fingerprint density at radius 2 is 1.71 bits per heavy atom. The summed E-state index contributed by atoms with van der Waals surface area (Å²) < 4.78 is 16.7. The first kappa shape index (κ1) is 18.1. The molecule has 0 amide bonds. The number of methoxy groups -OCH3 is 1. The Kier molecular flexibility index (Phi) is 6.88. The van der Waals surface area contributed by atoms with Crippen LogP contribution in [0.5, 0.6) is 17.2 Å². The summed E-state index contributed by atoms with van der Waals surface area (Å²) in [6, 6.07) is 13.5. The monoisotopic (exact) mass is 345 g/mol. The first-order valence-electron chi connectivity index (χ1n) is 7.96. The van der Waals surface area contributed by atoms with Crippen molar-refractivity contribution in [1.82, 2.24) is 0 Å². The second kappa shape index (κ2) is 9.13. The third kappa shape index (κ3) is 5.13. The molecule has 5 heteroatoms. The smallest absolute Gasteiger partial charge is 0.161 e. The minimum absolute atomic E-state index is 0.328. The van der Waals surface area contributed by atoms with E-state index in [4.69, 9.17) is 32.2 Å². The van der Waals surface area contributed by atoms with Gasteiger partial charge in [-0.2, -0.15) is 0 Å². The summed E-state index contributed by atoms with van der Waals surface area (Å²) >= 11 is 4.96. The van der Waals surface area contributed by atoms with Crippen LogP contribution in [0.2, 0.25) is 0 Å². The number of nitrogens with two attached hydrogens (primary N) is 1. The number of benzene rings is 2. The van der Waals surface area contributed by atoms with E-state index in [1.807, 2.05) is 18.2 Å². The molecular weight excluding hydrogens is 322 g/mol. The highest BCUT2D eigenvalue weighted by Crippen LogP contribution is 2.28. The molecule has 0 atom stereocenters. The summed E-state index contributed by atoms with van der Waals surface area (Å²) in [5.74, 6) is 2.08. The van der Waals surface area contributed by atoms with Crippen LogP contribution in [0.4, 0.5) is 0 Å². The molecule has 0 fully saturated rings. The number of aryl methyl sites for hydroxylation is 1. The Morgan fingerprint density at radius 1 is 1.00 bits per heavy atom. The van der Waals surface area contributed by atoms with Crippen LogP contribution in [-0.4, -0.2) is 25.3 Å². The second-order valence-electron chi connectivity index (χ2n) is 5.32. The maximum absolute atomic E-state index is 5.71. The molecule has 0 radical (unpaired) electrons. The van der Waals surface area contributed by atoms with Crippen LogP contribution in [0.1, 0.15) is 24.5 Å². The van der Waals surface area contributed by atoms with Gasteiger partial charge in [0.05, 0.1) is 7.11 Å². The van der Waals surface area contributed by atoms with E-state index in [1.54, 1.807) is 19.2 Å². The van der Waals surface area contributed by atoms with Crippen molar-refractivity contribution < 1.29 is 14.2 Å². The maximum atomic E-state index is 5.71. The minimum atomic E-state index is 0.328. The molecule has 0 heterocycles. The Morgan fingerprint density at radius 3 is 2.33 bits per heavy atom. The molecule has 0 aromatic heterocycles. The molecule has 128 valence electrons. The van der Waals surface area contributed by atoms with E-state index in [1.165, 1.54) is 5.56 Å². The van der Waals surface area contributed by atoms with Crippen LogP contribution in [0.25, 0.3) is 0 Å². The maximum Gasteiger partial charge on any atom is 0.161 e. The second-order valence-corrected chi connectivity index (χ2v) is 5.76. The Balaban J connectivity index is 1.84. The summed E-state index contributed by atoms with van der Waals surface area (Å²) in [4.78, 5) is 0.328. The topological polar surface area (TPSA) is 53.7 Å². The standard InChI is InChI=1S/C19H23NO3S/c1-3-4-14-5-8-16(9-6-14)22-11-12-23-17-10-7-15(19(20)24)13-18(17)21-2/h5-10,13H,3-4,11-12H2,1-2H3,(H2,20,24). The average molecular weight is 345 g/mol. The van der Waals surface area contributed by atoms with Gasteiger partial charge >= 0.3 is 0 Å². The lowest BCUT2D eigenvalue weighted by atomic mass is 10.1. The van der Waals surface area contributed by atoms with Crippen LogP contribution in [0.3, 0.4) is 0 Å². The molecule has 2 rings (SSSR count). The molecule has 2 N–H and O–H groups in total. The van der Waals surface area contributed by atoms with Crippen molar-refractivity contribution >= 4 is 17.2 Å². The van der Waals surface area contributed by atoms with E-state index < -0.39 is 0 Å². The van der Waals surface area contributed by atoms with Crippen molar-refractivity contribution in [2.45, 2.75) is 19.8 Å². The molecule has 0 spiro atoms. The average Bonchev–Trinajstić information content (AvgIpc) is 2.60. The lowest BCUT2D eigenvalue weighted by Gasteiger charge is -2.12. The number of ether oxygens (including phenoxy) is 3. The Bertz CT molecular complexity index is 671. The SMILES string of the molecule is CCCc1ccc(OCCOc2ccc(C(N)=S)cc2OC)cc1. The van der Waals surface area contributed by atoms with Gasteiger partial charge in [-0.05, 0) is 42.3 Å². The fourth-order valence-corrected chi connectivity index (χ4v) is 2.42. The van der Waals surface area contributed by atoms with Gasteiger partial charge in [0.1, 0.15) is 24.0 Å². The van der Waals surface area contributed by atoms with Crippen molar-refractivity contribution in [3.8, 4) is 17.2 Å². The number of thiocarbonyl (C=S) groups is 1. The van der Waals surface area contributed by atoms with E-state index in [0.29, 0.717) is 29.7 Å². The zero-order valence-corrected chi connectivity index (χ0v) is 14.9. The summed E-state index contributed by atoms with van der Waals surface area (Å²) in [6.07, 6.45) is 2.23. The van der Waals surface area contributed by atoms with Crippen molar-refractivity contribution in [3.05, 3.63) is 53.6 Å². The summed E-state index contributed by atoms with van der Waals surface area (Å²) in [7, 11) is 1.58. The lowest BCUT2D eigenvalue weighted by Crippen LogP contribution is -2.11. The van der Waals surface area contributed by atoms with Gasteiger partial charge in [0.15, 0.2) is 11.5 Å². The van der Waals surface area contributed by atoms with Gasteiger partial charge in [0, 0.05) is 5.56 Å². The van der Waals surface area contributed by atoms with Gasteiger partial charge in [0.25, 0.3) is 0 Å². The quantitative estimate of drug-likeness (QED) is 0.554. The van der Waals surface area contributed by atoms with E-state index >= 15 is 0 Å². The summed E-state index contributed by atoms with van der Waals surface area (Å²) in [5, 5.41) is 0. The molecule has 4 nitrogen and oxygen atoms in total. The molecule has 2 aromatic rings. The molecule has 2 aromatic carbocycles. The van der Waals surface area contributed by atoms with Crippen molar-refractivity contribution in [1.29, 1.82) is 0 Å². The minimum Gasteiger partial charge on any atom is -0.493 e. The molecule has 0 aliphatic heterocycles. The van der Waals surface area contributed by atoms with Crippen LogP contribution in [-0.2, 0) is 6.42 Å². The first-order chi connectivity index (χ1) is 11.6. The van der Waals surface area contributed by atoms with Gasteiger partial charge in [-0.25, -0.2) is 0 Å². The highest BCUT2D eigenvalue weighted by atomic mass is 32.1. The van der Waals surface area contributed by atoms with E-state index in [0.717, 1.165) is 24.2 Å². The van der Waals surface area contributed by atoms with Gasteiger partial charge in [-0.1, -0.05) is 37.7 Å². The molecule has 0 aliphatic rings. The van der Waals surface area contributed by atoms with E-state index in [2.05, 4.69) is 19.1 Å². The lowest BCUT2D eigenvalue weighted by molar-refractivity contribution is 0.211. The zero-order valence-electron chi connectivity index (χ0n) is 14.1. The number of hydrogen-bond acceptors (Lipinski definition) is 4. The van der Waals surface area contributed by atoms with Crippen molar-refractivity contribution in [2.75, 3.05) is 20.3 Å². The predicted octanol–water partition coefficient (Wildman–Crippen LogP) is 3.74. The molecule has 0 saturated heterocycles. The predicted molar refractivity (Wildman–Crippen MR) is 100 cm³/mol. The van der Waals surface area contributed by atoms with E-state index in [-0.39, 0.29) is 0 Å². The number of hydrogen-bond donors (Lipinski definition) is 1. The molecular formula is C19H23NO3S. The Hall–Kier alpha value is -2.27. The van der Waals surface area contributed by atoms with Gasteiger partial charge in [0.2, 0.25) is 0 Å². The zero-order chi connectivity index (χ0) is 17.4. The third-order valence-electron chi connectivity index (χ3n) is 3.52. The fourth-order valence-electron chi connectivity index (χ4n) is 2.29.